The van der Waals surface area contributed by atoms with Crippen LogP contribution in [0.4, 0.5) is 0 Å². The number of nitrogens with zero attached hydrogens (tertiary/aromatic N) is 1. The molecule has 1 fully saturated rings. The molecule has 0 aliphatic carbocycles. The smallest absolute Gasteiger partial charge is 0.374 e. The minimum atomic E-state index is -1.13. The third-order valence-corrected chi connectivity index (χ3v) is 4.88. The summed E-state index contributed by atoms with van der Waals surface area (Å²) in [4.78, 5) is 10.8. The monoisotopic (exact) mass is 309 g/mol. The highest BCUT2D eigenvalue weighted by molar-refractivity contribution is 7.99. The first-order chi connectivity index (χ1) is 9.65. The molecule has 0 amide bonds. The van der Waals surface area contributed by atoms with Gasteiger partial charge in [-0.15, -0.1) is 0 Å². The third-order valence-electron chi connectivity index (χ3n) is 3.39. The van der Waals surface area contributed by atoms with Gasteiger partial charge in [-0.25, -0.2) is 4.79 Å². The molecule has 1 N–H and O–H groups in total. The molecule has 1 aliphatic rings. The minimum absolute atomic E-state index is 0.174. The lowest BCUT2D eigenvalue weighted by Crippen LogP contribution is -1.97. The van der Waals surface area contributed by atoms with Gasteiger partial charge in [0.15, 0.2) is 0 Å². The van der Waals surface area contributed by atoms with E-state index in [-0.39, 0.29) is 5.76 Å². The van der Waals surface area contributed by atoms with Crippen LogP contribution in [0.15, 0.2) is 28.8 Å². The van der Waals surface area contributed by atoms with Gasteiger partial charge in [-0.05, 0) is 29.7 Å². The summed E-state index contributed by atoms with van der Waals surface area (Å²) in [6.07, 6.45) is 1.15. The predicted molar refractivity (Wildman–Crippen MR) is 78.6 cm³/mol. The second-order valence-electron chi connectivity index (χ2n) is 4.68. The Morgan fingerprint density at radius 1 is 1.45 bits per heavy atom. The van der Waals surface area contributed by atoms with Crippen LogP contribution in [0.2, 0.25) is 5.02 Å². The first-order valence-electron chi connectivity index (χ1n) is 6.22. The fourth-order valence-electron chi connectivity index (χ4n) is 2.31. The number of carbonyl (C=O) groups is 1. The lowest BCUT2D eigenvalue weighted by atomic mass is 9.97. The summed E-state index contributed by atoms with van der Waals surface area (Å²) in [5, 5.41) is 13.3. The van der Waals surface area contributed by atoms with Crippen molar-refractivity contribution in [1.29, 1.82) is 0 Å². The Morgan fingerprint density at radius 3 is 2.90 bits per heavy atom. The molecule has 6 heteroatoms. The maximum atomic E-state index is 10.8. The zero-order valence-electron chi connectivity index (χ0n) is 10.5. The van der Waals surface area contributed by atoms with Gasteiger partial charge < -0.3 is 9.63 Å². The van der Waals surface area contributed by atoms with E-state index in [0.717, 1.165) is 23.3 Å². The molecule has 0 bridgehead atoms. The molecular weight excluding hydrogens is 298 g/mol. The molecule has 0 saturated carbocycles. The summed E-state index contributed by atoms with van der Waals surface area (Å²) in [5.41, 5.74) is 2.40. The molecule has 1 atom stereocenters. The maximum absolute atomic E-state index is 10.8. The van der Waals surface area contributed by atoms with Gasteiger partial charge in [0.2, 0.25) is 5.76 Å². The fourth-order valence-corrected chi connectivity index (χ4v) is 3.89. The number of aromatic carboxylic acids is 1. The van der Waals surface area contributed by atoms with Crippen molar-refractivity contribution < 1.29 is 14.4 Å². The van der Waals surface area contributed by atoms with Crippen LogP contribution in [0.5, 0.6) is 0 Å². The van der Waals surface area contributed by atoms with E-state index in [1.54, 1.807) is 0 Å². The highest BCUT2D eigenvalue weighted by Crippen LogP contribution is 2.37. The van der Waals surface area contributed by atoms with E-state index >= 15 is 0 Å². The second kappa shape index (κ2) is 5.50. The molecular formula is C14H12ClNO3S. The number of hydrogen-bond donors (Lipinski definition) is 1. The number of thioether (sulfide) groups is 1. The van der Waals surface area contributed by atoms with E-state index in [9.17, 15) is 4.79 Å². The summed E-state index contributed by atoms with van der Waals surface area (Å²) in [5.74, 6) is 1.48. The van der Waals surface area contributed by atoms with Crippen molar-refractivity contribution in [3.63, 3.8) is 0 Å². The summed E-state index contributed by atoms with van der Waals surface area (Å²) in [6, 6.07) is 7.14. The first-order valence-corrected chi connectivity index (χ1v) is 7.76. The standard InChI is InChI=1S/C14H12ClNO3S/c15-11-5-8(12-6-13(14(17)18)19-16-12)1-2-10(11)9-3-4-20-7-9/h1-2,5-6,9H,3-4,7H2,(H,17,18). The molecule has 4 nitrogen and oxygen atoms in total. The van der Waals surface area contributed by atoms with E-state index < -0.39 is 5.97 Å². The van der Waals surface area contributed by atoms with Crippen LogP contribution >= 0.6 is 23.4 Å². The predicted octanol–water partition coefficient (Wildman–Crippen LogP) is 3.91. The average Bonchev–Trinajstić information content (AvgIpc) is 3.10. The van der Waals surface area contributed by atoms with Gasteiger partial charge >= 0.3 is 5.97 Å². The Labute approximate surface area is 125 Å². The van der Waals surface area contributed by atoms with Crippen LogP contribution < -0.4 is 0 Å². The highest BCUT2D eigenvalue weighted by Gasteiger charge is 2.20. The lowest BCUT2D eigenvalue weighted by molar-refractivity contribution is 0.0652. The van der Waals surface area contributed by atoms with Gasteiger partial charge in [0.25, 0.3) is 0 Å². The minimum Gasteiger partial charge on any atom is -0.475 e. The van der Waals surface area contributed by atoms with Crippen LogP contribution in [0.25, 0.3) is 11.3 Å². The highest BCUT2D eigenvalue weighted by atomic mass is 35.5. The molecule has 1 unspecified atom stereocenters. The van der Waals surface area contributed by atoms with Crippen molar-refractivity contribution in [2.75, 3.05) is 11.5 Å². The fraction of sp³-hybridized carbons (Fsp3) is 0.286. The van der Waals surface area contributed by atoms with Gasteiger partial charge in [0.05, 0.1) is 0 Å². The van der Waals surface area contributed by atoms with Crippen molar-refractivity contribution in [1.82, 2.24) is 5.16 Å². The maximum Gasteiger partial charge on any atom is 0.374 e. The van der Waals surface area contributed by atoms with Crippen LogP contribution in [0.3, 0.4) is 0 Å². The zero-order chi connectivity index (χ0) is 14.1. The molecule has 20 heavy (non-hydrogen) atoms. The van der Waals surface area contributed by atoms with Gasteiger partial charge in [-0.3, -0.25) is 0 Å². The van der Waals surface area contributed by atoms with Crippen LogP contribution in [-0.2, 0) is 0 Å². The number of halogens is 1. The van der Waals surface area contributed by atoms with Crippen molar-refractivity contribution >= 4 is 29.3 Å². The van der Waals surface area contributed by atoms with E-state index in [0.29, 0.717) is 16.6 Å². The zero-order valence-corrected chi connectivity index (χ0v) is 12.1. The van der Waals surface area contributed by atoms with Crippen molar-refractivity contribution in [2.24, 2.45) is 0 Å². The molecule has 2 aromatic rings. The molecule has 2 heterocycles. The topological polar surface area (TPSA) is 63.3 Å². The van der Waals surface area contributed by atoms with Gasteiger partial charge in [-0.2, -0.15) is 11.8 Å². The van der Waals surface area contributed by atoms with Gasteiger partial charge in [0.1, 0.15) is 5.69 Å². The Kier molecular flexibility index (Phi) is 3.72. The van der Waals surface area contributed by atoms with E-state index in [1.165, 1.54) is 11.8 Å². The number of benzene rings is 1. The van der Waals surface area contributed by atoms with E-state index in [4.69, 9.17) is 21.2 Å². The van der Waals surface area contributed by atoms with E-state index in [2.05, 4.69) is 5.16 Å². The van der Waals surface area contributed by atoms with Crippen molar-refractivity contribution in [3.8, 4) is 11.3 Å². The first kappa shape index (κ1) is 13.5. The summed E-state index contributed by atoms with van der Waals surface area (Å²) >= 11 is 8.29. The normalized spacial score (nSPS) is 18.4. The number of carboxylic acid groups (broad SMARTS) is 1. The largest absolute Gasteiger partial charge is 0.475 e. The number of rotatable bonds is 3. The number of aromatic nitrogens is 1. The molecule has 1 aromatic heterocycles. The van der Waals surface area contributed by atoms with Crippen LogP contribution in [0, 0.1) is 0 Å². The van der Waals surface area contributed by atoms with Crippen LogP contribution in [-0.4, -0.2) is 27.7 Å². The average molecular weight is 310 g/mol. The van der Waals surface area contributed by atoms with Gasteiger partial charge in [0, 0.05) is 22.4 Å². The number of carboxylic acids is 1. The number of hydrogen-bond acceptors (Lipinski definition) is 4. The molecule has 1 aliphatic heterocycles. The van der Waals surface area contributed by atoms with Crippen LogP contribution in [0.1, 0.15) is 28.5 Å². The summed E-state index contributed by atoms with van der Waals surface area (Å²) < 4.78 is 4.75. The quantitative estimate of drug-likeness (QED) is 0.931. The molecule has 104 valence electrons. The molecule has 0 spiro atoms. The Hall–Kier alpha value is -1.46. The molecule has 1 aromatic carbocycles. The van der Waals surface area contributed by atoms with E-state index in [1.807, 2.05) is 30.0 Å². The summed E-state index contributed by atoms with van der Waals surface area (Å²) in [7, 11) is 0. The van der Waals surface area contributed by atoms with Crippen molar-refractivity contribution in [2.45, 2.75) is 12.3 Å². The Morgan fingerprint density at radius 2 is 2.30 bits per heavy atom. The molecule has 0 radical (unpaired) electrons. The lowest BCUT2D eigenvalue weighted by Gasteiger charge is -2.11. The molecule has 1 saturated heterocycles. The second-order valence-corrected chi connectivity index (χ2v) is 6.24. The molecule has 3 rings (SSSR count). The SMILES string of the molecule is O=C(O)c1cc(-c2ccc(C3CCSC3)c(Cl)c2)no1. The third kappa shape index (κ3) is 2.55. The Balaban J connectivity index is 1.90. The van der Waals surface area contributed by atoms with Crippen molar-refractivity contribution in [3.05, 3.63) is 40.6 Å². The Bertz CT molecular complexity index is 650. The van der Waals surface area contributed by atoms with Gasteiger partial charge in [-0.1, -0.05) is 28.9 Å². The summed E-state index contributed by atoms with van der Waals surface area (Å²) in [6.45, 7) is 0.